The van der Waals surface area contributed by atoms with Gasteiger partial charge in [-0.1, -0.05) is 0 Å². The molecular formula is C30H24O10. The largest absolute Gasteiger partial charge is 0.504 e. The van der Waals surface area contributed by atoms with Crippen molar-refractivity contribution in [2.45, 2.75) is 25.7 Å². The Morgan fingerprint density at radius 1 is 0.550 bits per heavy atom. The van der Waals surface area contributed by atoms with E-state index in [-0.39, 0.29) is 78.0 Å². The zero-order valence-electron chi connectivity index (χ0n) is 22.5. The summed E-state index contributed by atoms with van der Waals surface area (Å²) < 4.78 is 22.4. The Balaban J connectivity index is 2.17. The summed E-state index contributed by atoms with van der Waals surface area (Å²) in [5, 5.41) is 24.1. The average Bonchev–Trinajstić information content (AvgIpc) is 2.90. The topological polar surface area (TPSA) is 146 Å². The molecule has 1 aliphatic rings. The van der Waals surface area contributed by atoms with Crippen LogP contribution < -0.4 is 29.8 Å². The smallest absolute Gasteiger partial charge is 0.204 e. The average molecular weight is 545 g/mol. The summed E-state index contributed by atoms with van der Waals surface area (Å²) in [5.74, 6) is -4.01. The van der Waals surface area contributed by atoms with Gasteiger partial charge in [0.15, 0.2) is 33.9 Å². The molecule has 0 aliphatic heterocycles. The highest BCUT2D eigenvalue weighted by Crippen LogP contribution is 2.60. The van der Waals surface area contributed by atoms with Crippen molar-refractivity contribution in [2.75, 3.05) is 28.4 Å². The number of ketones is 2. The van der Waals surface area contributed by atoms with Crippen molar-refractivity contribution in [3.63, 3.8) is 0 Å². The first-order valence-electron chi connectivity index (χ1n) is 12.4. The maximum absolute atomic E-state index is 13.7. The second-order valence-corrected chi connectivity index (χ2v) is 9.93. The number of phenolic OH excluding ortho intramolecular Hbond substituents is 2. The molecule has 0 heterocycles. The van der Waals surface area contributed by atoms with Crippen molar-refractivity contribution in [3.8, 4) is 34.5 Å². The van der Waals surface area contributed by atoms with Crippen molar-refractivity contribution in [3.05, 3.63) is 43.7 Å². The van der Waals surface area contributed by atoms with E-state index in [0.29, 0.717) is 10.8 Å². The molecule has 0 saturated carbocycles. The highest BCUT2D eigenvalue weighted by atomic mass is 16.5. The van der Waals surface area contributed by atoms with Crippen LogP contribution in [0, 0.1) is 0 Å². The molecule has 5 aromatic carbocycles. The summed E-state index contributed by atoms with van der Waals surface area (Å²) in [4.78, 5) is 53.6. The number of hydrogen-bond donors (Lipinski definition) is 2. The number of carbonyl (C=O) groups is 2. The van der Waals surface area contributed by atoms with E-state index >= 15 is 0 Å². The molecule has 2 unspecified atom stereocenters. The van der Waals surface area contributed by atoms with Crippen LogP contribution in [-0.4, -0.2) is 50.2 Å². The van der Waals surface area contributed by atoms with Crippen LogP contribution in [0.3, 0.4) is 0 Å². The van der Waals surface area contributed by atoms with Crippen LogP contribution in [0.5, 0.6) is 34.5 Å². The standard InChI is InChI=1S/C30H24O10/c1-9(31)15-11-7-13(33)19-21-17(11)18-12(16(15)10(2)32)8-14(34)20-22(18)24(28(38-4)30(40-6)26(20)36)23(21)27(37-3)29(39-5)25(19)35/h7-8,15-16,35-36H,1-6H3. The molecule has 2 atom stereocenters. The first-order valence-corrected chi connectivity index (χ1v) is 12.4. The van der Waals surface area contributed by atoms with Crippen LogP contribution in [0.2, 0.25) is 0 Å². The molecule has 204 valence electrons. The van der Waals surface area contributed by atoms with Gasteiger partial charge in [-0.2, -0.15) is 0 Å². The monoisotopic (exact) mass is 544 g/mol. The fourth-order valence-corrected chi connectivity index (χ4v) is 6.76. The molecule has 0 radical (unpaired) electrons. The Hall–Kier alpha value is -4.86. The SMILES string of the molecule is COc1c(O)c2c(=O)cc3c4c5c(cc(=O)c6c(O)c(OC)c(OC)c(c(c1OC)c24)c65)C(C(C)=O)C3C(C)=O. The minimum absolute atomic E-state index is 0.0317. The summed E-state index contributed by atoms with van der Waals surface area (Å²) >= 11 is 0. The van der Waals surface area contributed by atoms with Gasteiger partial charge in [0.2, 0.25) is 11.5 Å². The number of methoxy groups -OCH3 is 4. The lowest BCUT2D eigenvalue weighted by molar-refractivity contribution is -0.125. The minimum Gasteiger partial charge on any atom is -0.504 e. The van der Waals surface area contributed by atoms with Gasteiger partial charge in [-0.25, -0.2) is 0 Å². The molecule has 10 nitrogen and oxygen atoms in total. The molecule has 0 spiro atoms. The van der Waals surface area contributed by atoms with E-state index < -0.39 is 34.2 Å². The number of fused-ring (bicyclic) bond motifs is 1. The number of aromatic hydroxyl groups is 2. The second kappa shape index (κ2) is 8.32. The quantitative estimate of drug-likeness (QED) is 0.240. The molecule has 5 aromatic rings. The van der Waals surface area contributed by atoms with Gasteiger partial charge in [-0.05, 0) is 47.9 Å². The van der Waals surface area contributed by atoms with Crippen molar-refractivity contribution < 1.29 is 38.7 Å². The number of hydrogen-bond acceptors (Lipinski definition) is 10. The number of rotatable bonds is 6. The van der Waals surface area contributed by atoms with Crippen LogP contribution in [0.25, 0.3) is 43.1 Å². The molecule has 6 rings (SSSR count). The lowest BCUT2D eigenvalue weighted by Crippen LogP contribution is -2.29. The molecule has 0 fully saturated rings. The first-order chi connectivity index (χ1) is 19.0. The molecule has 0 bridgehead atoms. The Bertz CT molecular complexity index is 1930. The van der Waals surface area contributed by atoms with Gasteiger partial charge in [-0.3, -0.25) is 19.2 Å². The molecule has 0 aromatic heterocycles. The van der Waals surface area contributed by atoms with Crippen LogP contribution >= 0.6 is 0 Å². The summed E-state index contributed by atoms with van der Waals surface area (Å²) in [6.07, 6.45) is 0. The van der Waals surface area contributed by atoms with Gasteiger partial charge < -0.3 is 29.2 Å². The number of phenols is 2. The molecule has 1 aliphatic carbocycles. The predicted octanol–water partition coefficient (Wildman–Crippen LogP) is 3.70. The van der Waals surface area contributed by atoms with E-state index in [2.05, 4.69) is 0 Å². The van der Waals surface area contributed by atoms with Crippen LogP contribution in [0.4, 0.5) is 0 Å². The summed E-state index contributed by atoms with van der Waals surface area (Å²) in [5.41, 5.74) is -0.638. The normalized spacial score (nSPS) is 16.4. The van der Waals surface area contributed by atoms with Gasteiger partial charge >= 0.3 is 0 Å². The van der Waals surface area contributed by atoms with Crippen LogP contribution in [0.15, 0.2) is 21.7 Å². The third-order valence-electron chi connectivity index (χ3n) is 8.11. The van der Waals surface area contributed by atoms with Crippen LogP contribution in [-0.2, 0) is 9.59 Å². The molecule has 40 heavy (non-hydrogen) atoms. The van der Waals surface area contributed by atoms with Crippen molar-refractivity contribution in [2.24, 2.45) is 0 Å². The Kier molecular flexibility index (Phi) is 5.29. The number of benzene rings is 5. The molecule has 10 heteroatoms. The maximum Gasteiger partial charge on any atom is 0.204 e. The predicted molar refractivity (Wildman–Crippen MR) is 148 cm³/mol. The summed E-state index contributed by atoms with van der Waals surface area (Å²) in [6, 6.07) is 2.50. The zero-order chi connectivity index (χ0) is 28.9. The van der Waals surface area contributed by atoms with E-state index in [0.717, 1.165) is 0 Å². The Morgan fingerprint density at radius 2 is 0.875 bits per heavy atom. The van der Waals surface area contributed by atoms with E-state index in [9.17, 15) is 29.4 Å². The number of Topliss-reactive ketones (excluding diaryl/α,β-unsaturated/α-hetero) is 2. The summed E-state index contributed by atoms with van der Waals surface area (Å²) in [7, 11) is 5.31. The minimum atomic E-state index is -1.06. The van der Waals surface area contributed by atoms with Crippen LogP contribution in [0.1, 0.15) is 36.8 Å². The van der Waals surface area contributed by atoms with Gasteiger partial charge in [-0.15, -0.1) is 0 Å². The molecule has 2 N–H and O–H groups in total. The van der Waals surface area contributed by atoms with E-state index in [4.69, 9.17) is 18.9 Å². The maximum atomic E-state index is 13.7. The van der Waals surface area contributed by atoms with Gasteiger partial charge in [0, 0.05) is 21.5 Å². The van der Waals surface area contributed by atoms with E-state index in [1.807, 2.05) is 0 Å². The third-order valence-corrected chi connectivity index (χ3v) is 8.11. The van der Waals surface area contributed by atoms with Crippen molar-refractivity contribution >= 4 is 54.7 Å². The summed E-state index contributed by atoms with van der Waals surface area (Å²) in [6.45, 7) is 2.65. The molecule has 0 saturated heterocycles. The van der Waals surface area contributed by atoms with Gasteiger partial charge in [0.05, 0.1) is 51.0 Å². The Morgan fingerprint density at radius 3 is 1.15 bits per heavy atom. The Labute approximate surface area is 225 Å². The first kappa shape index (κ1) is 25.4. The second-order valence-electron chi connectivity index (χ2n) is 9.93. The highest BCUT2D eigenvalue weighted by molar-refractivity contribution is 6.39. The highest BCUT2D eigenvalue weighted by Gasteiger charge is 2.42. The fourth-order valence-electron chi connectivity index (χ4n) is 6.76. The number of ether oxygens (including phenoxy) is 4. The van der Waals surface area contributed by atoms with E-state index in [1.54, 1.807) is 0 Å². The van der Waals surface area contributed by atoms with Crippen molar-refractivity contribution in [1.82, 2.24) is 0 Å². The lowest BCUT2D eigenvalue weighted by atomic mass is 9.68. The van der Waals surface area contributed by atoms with Crippen molar-refractivity contribution in [1.29, 1.82) is 0 Å². The van der Waals surface area contributed by atoms with Gasteiger partial charge in [0.1, 0.15) is 11.6 Å². The third kappa shape index (κ3) is 2.77. The van der Waals surface area contributed by atoms with Gasteiger partial charge in [0.25, 0.3) is 0 Å². The van der Waals surface area contributed by atoms with E-state index in [1.165, 1.54) is 54.4 Å². The fraction of sp³-hybridized carbons (Fsp3) is 0.267. The number of carbonyl (C=O) groups excluding carboxylic acids is 2. The lowest BCUT2D eigenvalue weighted by Gasteiger charge is -2.33. The zero-order valence-corrected chi connectivity index (χ0v) is 22.5. The molecular weight excluding hydrogens is 520 g/mol. The molecule has 0 amide bonds.